The van der Waals surface area contributed by atoms with Crippen LogP contribution in [0, 0.1) is 17.2 Å². The van der Waals surface area contributed by atoms with Gasteiger partial charge in [-0.05, 0) is 30.9 Å². The number of nitrogens with zero attached hydrogens (tertiary/aromatic N) is 3. The highest BCUT2D eigenvalue weighted by Crippen LogP contribution is 2.32. The molecule has 1 aromatic carbocycles. The van der Waals surface area contributed by atoms with Crippen LogP contribution in [-0.2, 0) is 4.79 Å². The monoisotopic (exact) mass is 281 g/mol. The van der Waals surface area contributed by atoms with Gasteiger partial charge in [0.1, 0.15) is 18.4 Å². The average Bonchev–Trinajstić information content (AvgIpc) is 3.28. The summed E-state index contributed by atoms with van der Waals surface area (Å²) in [6.45, 7) is 0.517. The number of carbonyl (C=O) groups is 1. The summed E-state index contributed by atoms with van der Waals surface area (Å²) < 4.78 is 0. The largest absolute Gasteiger partial charge is 0.480 e. The molecule has 1 aromatic heterocycles. The van der Waals surface area contributed by atoms with Crippen molar-refractivity contribution in [2.45, 2.75) is 12.8 Å². The van der Waals surface area contributed by atoms with Gasteiger partial charge in [-0.2, -0.15) is 5.26 Å². The molecule has 21 heavy (non-hydrogen) atoms. The number of anilines is 1. The lowest BCUT2D eigenvalue weighted by atomic mass is 10.1. The van der Waals surface area contributed by atoms with Gasteiger partial charge in [-0.25, -0.2) is 4.98 Å². The highest BCUT2D eigenvalue weighted by Gasteiger charge is 2.27. The third kappa shape index (κ3) is 2.95. The van der Waals surface area contributed by atoms with Crippen LogP contribution in [0.15, 0.2) is 30.3 Å². The number of hydrogen-bond acceptors (Lipinski definition) is 4. The first-order valence-electron chi connectivity index (χ1n) is 6.94. The van der Waals surface area contributed by atoms with Crippen LogP contribution in [0.5, 0.6) is 0 Å². The number of pyridine rings is 1. The van der Waals surface area contributed by atoms with E-state index in [1.807, 2.05) is 24.3 Å². The Morgan fingerprint density at radius 1 is 1.43 bits per heavy atom. The lowest BCUT2D eigenvalue weighted by Gasteiger charge is -2.23. The standard InChI is InChI=1S/C16H15N3O2/c17-8-13-7-12-3-1-2-4-14(12)18-16(13)19(10-15(20)21)9-11-5-6-11/h1-4,7,11H,5-6,9-10H2,(H,20,21). The van der Waals surface area contributed by atoms with E-state index >= 15 is 0 Å². The number of hydrogen-bond donors (Lipinski definition) is 1. The maximum Gasteiger partial charge on any atom is 0.323 e. The molecule has 2 aromatic rings. The van der Waals surface area contributed by atoms with Crippen LogP contribution in [0.3, 0.4) is 0 Å². The lowest BCUT2D eigenvalue weighted by Crippen LogP contribution is -2.33. The smallest absolute Gasteiger partial charge is 0.323 e. The Kier molecular flexibility index (Phi) is 3.44. The van der Waals surface area contributed by atoms with Crippen molar-refractivity contribution in [3.8, 4) is 6.07 Å². The van der Waals surface area contributed by atoms with Gasteiger partial charge in [0.05, 0.1) is 11.1 Å². The average molecular weight is 281 g/mol. The Hall–Kier alpha value is -2.61. The fraction of sp³-hybridized carbons (Fsp3) is 0.312. The van der Waals surface area contributed by atoms with Crippen molar-refractivity contribution in [3.63, 3.8) is 0 Å². The molecule has 0 saturated heterocycles. The van der Waals surface area contributed by atoms with Gasteiger partial charge in [-0.1, -0.05) is 18.2 Å². The van der Waals surface area contributed by atoms with E-state index in [4.69, 9.17) is 5.11 Å². The molecule has 1 aliphatic carbocycles. The predicted octanol–water partition coefficient (Wildman–Crippen LogP) is 2.41. The summed E-state index contributed by atoms with van der Waals surface area (Å²) in [5.74, 6) is 0.0872. The van der Waals surface area contributed by atoms with Gasteiger partial charge < -0.3 is 10.0 Å². The number of nitriles is 1. The van der Waals surface area contributed by atoms with E-state index in [2.05, 4.69) is 11.1 Å². The Morgan fingerprint density at radius 3 is 2.86 bits per heavy atom. The molecule has 1 N–H and O–H groups in total. The zero-order valence-electron chi connectivity index (χ0n) is 11.5. The number of carboxylic acid groups (broad SMARTS) is 1. The molecule has 0 atom stereocenters. The van der Waals surface area contributed by atoms with Crippen molar-refractivity contribution in [2.75, 3.05) is 18.0 Å². The second kappa shape index (κ2) is 5.41. The van der Waals surface area contributed by atoms with Crippen molar-refractivity contribution in [1.82, 2.24) is 4.98 Å². The molecule has 0 unspecified atom stereocenters. The summed E-state index contributed by atoms with van der Waals surface area (Å²) in [6.07, 6.45) is 2.23. The summed E-state index contributed by atoms with van der Waals surface area (Å²) in [4.78, 5) is 17.3. The van der Waals surface area contributed by atoms with Gasteiger partial charge in [0.2, 0.25) is 0 Å². The second-order valence-corrected chi connectivity index (χ2v) is 5.38. The van der Waals surface area contributed by atoms with Crippen molar-refractivity contribution < 1.29 is 9.90 Å². The molecule has 1 aliphatic rings. The number of fused-ring (bicyclic) bond motifs is 1. The third-order valence-corrected chi connectivity index (χ3v) is 3.63. The molecule has 5 nitrogen and oxygen atoms in total. The van der Waals surface area contributed by atoms with E-state index in [1.165, 1.54) is 0 Å². The first-order valence-corrected chi connectivity index (χ1v) is 6.94. The molecule has 1 fully saturated rings. The number of carboxylic acids is 1. The SMILES string of the molecule is N#Cc1cc2ccccc2nc1N(CC(=O)O)CC1CC1. The van der Waals surface area contributed by atoms with Crippen molar-refractivity contribution >= 4 is 22.7 Å². The number of rotatable bonds is 5. The fourth-order valence-electron chi connectivity index (χ4n) is 2.43. The maximum absolute atomic E-state index is 11.1. The van der Waals surface area contributed by atoms with E-state index < -0.39 is 5.97 Å². The predicted molar refractivity (Wildman–Crippen MR) is 79.0 cm³/mol. The molecule has 0 bridgehead atoms. The Balaban J connectivity index is 2.05. The van der Waals surface area contributed by atoms with Gasteiger partial charge in [-0.15, -0.1) is 0 Å². The summed E-state index contributed by atoms with van der Waals surface area (Å²) in [6, 6.07) is 11.5. The van der Waals surface area contributed by atoms with E-state index in [-0.39, 0.29) is 6.54 Å². The minimum Gasteiger partial charge on any atom is -0.480 e. The number of aliphatic carboxylic acids is 1. The number of benzene rings is 1. The molecule has 0 radical (unpaired) electrons. The topological polar surface area (TPSA) is 77.2 Å². The Bertz CT molecular complexity index is 732. The first-order chi connectivity index (χ1) is 10.2. The summed E-state index contributed by atoms with van der Waals surface area (Å²) >= 11 is 0. The van der Waals surface area contributed by atoms with E-state index in [9.17, 15) is 10.1 Å². The fourth-order valence-corrected chi connectivity index (χ4v) is 2.43. The Morgan fingerprint density at radius 2 is 2.19 bits per heavy atom. The molecule has 3 rings (SSSR count). The molecular formula is C16H15N3O2. The van der Waals surface area contributed by atoms with E-state index in [1.54, 1.807) is 11.0 Å². The van der Waals surface area contributed by atoms with Crippen LogP contribution in [0.2, 0.25) is 0 Å². The van der Waals surface area contributed by atoms with E-state index in [0.717, 1.165) is 23.7 Å². The Labute approximate surface area is 122 Å². The minimum atomic E-state index is -0.908. The van der Waals surface area contributed by atoms with Crippen molar-refractivity contribution in [3.05, 3.63) is 35.9 Å². The van der Waals surface area contributed by atoms with Crippen LogP contribution < -0.4 is 4.90 Å². The second-order valence-electron chi connectivity index (χ2n) is 5.38. The number of aromatic nitrogens is 1. The van der Waals surface area contributed by atoms with Gasteiger partial charge >= 0.3 is 5.97 Å². The minimum absolute atomic E-state index is 0.128. The summed E-state index contributed by atoms with van der Waals surface area (Å²) in [7, 11) is 0. The molecule has 1 heterocycles. The highest BCUT2D eigenvalue weighted by molar-refractivity contribution is 5.84. The quantitative estimate of drug-likeness (QED) is 0.910. The molecule has 106 valence electrons. The van der Waals surface area contributed by atoms with Gasteiger partial charge in [0.15, 0.2) is 0 Å². The van der Waals surface area contributed by atoms with Crippen LogP contribution in [0.4, 0.5) is 5.82 Å². The van der Waals surface area contributed by atoms with Crippen LogP contribution in [-0.4, -0.2) is 29.1 Å². The lowest BCUT2D eigenvalue weighted by molar-refractivity contribution is -0.135. The molecule has 0 amide bonds. The zero-order valence-corrected chi connectivity index (χ0v) is 11.5. The summed E-state index contributed by atoms with van der Waals surface area (Å²) in [5.41, 5.74) is 1.20. The molecule has 0 spiro atoms. The normalized spacial score (nSPS) is 13.9. The molecule has 0 aliphatic heterocycles. The van der Waals surface area contributed by atoms with Gasteiger partial charge in [0, 0.05) is 11.9 Å². The van der Waals surface area contributed by atoms with Crippen molar-refractivity contribution in [1.29, 1.82) is 5.26 Å². The van der Waals surface area contributed by atoms with Gasteiger partial charge in [0.25, 0.3) is 0 Å². The van der Waals surface area contributed by atoms with Crippen LogP contribution in [0.1, 0.15) is 18.4 Å². The molecule has 1 saturated carbocycles. The van der Waals surface area contributed by atoms with Gasteiger partial charge in [-0.3, -0.25) is 4.79 Å². The first kappa shape index (κ1) is 13.4. The van der Waals surface area contributed by atoms with E-state index in [0.29, 0.717) is 23.8 Å². The van der Waals surface area contributed by atoms with Crippen LogP contribution >= 0.6 is 0 Å². The molecular weight excluding hydrogens is 266 g/mol. The zero-order chi connectivity index (χ0) is 14.8. The summed E-state index contributed by atoms with van der Waals surface area (Å²) in [5, 5.41) is 19.3. The maximum atomic E-state index is 11.1. The highest BCUT2D eigenvalue weighted by atomic mass is 16.4. The molecule has 5 heteroatoms. The third-order valence-electron chi connectivity index (χ3n) is 3.63. The van der Waals surface area contributed by atoms with Crippen LogP contribution in [0.25, 0.3) is 10.9 Å². The van der Waals surface area contributed by atoms with Crippen molar-refractivity contribution in [2.24, 2.45) is 5.92 Å². The number of para-hydroxylation sites is 1.